The number of hydrogen-bond donors (Lipinski definition) is 1. The minimum Gasteiger partial charge on any atom is -0.454 e. The fourth-order valence-electron chi connectivity index (χ4n) is 3.31. The Bertz CT molecular complexity index is 503. The van der Waals surface area contributed by atoms with Crippen molar-refractivity contribution in [2.75, 3.05) is 6.79 Å². The van der Waals surface area contributed by atoms with Crippen molar-refractivity contribution in [2.45, 2.75) is 39.2 Å². The van der Waals surface area contributed by atoms with Crippen molar-refractivity contribution in [2.24, 2.45) is 17.8 Å². The Morgan fingerprint density at radius 3 is 2.75 bits per heavy atom. The monoisotopic (exact) mass is 340 g/mol. The molecule has 0 amide bonds. The first-order chi connectivity index (χ1) is 9.56. The molecule has 1 fully saturated rings. The Kier molecular flexibility index (Phi) is 3.95. The zero-order valence-corrected chi connectivity index (χ0v) is 13.5. The largest absolute Gasteiger partial charge is 0.454 e. The van der Waals surface area contributed by atoms with Crippen LogP contribution in [0.15, 0.2) is 16.6 Å². The van der Waals surface area contributed by atoms with Crippen molar-refractivity contribution in [1.29, 1.82) is 0 Å². The third-order valence-electron chi connectivity index (χ3n) is 4.88. The highest BCUT2D eigenvalue weighted by atomic mass is 79.9. The second kappa shape index (κ2) is 5.57. The molecule has 1 heterocycles. The van der Waals surface area contributed by atoms with Gasteiger partial charge in [-0.1, -0.05) is 20.3 Å². The van der Waals surface area contributed by atoms with E-state index in [1.165, 1.54) is 6.42 Å². The summed E-state index contributed by atoms with van der Waals surface area (Å²) in [4.78, 5) is 0. The molecule has 3 rings (SSSR count). The van der Waals surface area contributed by atoms with Crippen LogP contribution in [0.4, 0.5) is 0 Å². The first-order valence-electron chi connectivity index (χ1n) is 7.33. The maximum atomic E-state index is 10.7. The molecule has 0 spiro atoms. The topological polar surface area (TPSA) is 38.7 Å². The van der Waals surface area contributed by atoms with Crippen molar-refractivity contribution in [3.05, 3.63) is 22.2 Å². The van der Waals surface area contributed by atoms with Crippen LogP contribution in [-0.4, -0.2) is 11.9 Å². The van der Waals surface area contributed by atoms with Crippen LogP contribution < -0.4 is 9.47 Å². The predicted molar refractivity (Wildman–Crippen MR) is 80.9 cm³/mol. The molecule has 110 valence electrons. The fraction of sp³-hybridized carbons (Fsp3) is 0.625. The van der Waals surface area contributed by atoms with Gasteiger partial charge in [-0.2, -0.15) is 0 Å². The lowest BCUT2D eigenvalue weighted by Crippen LogP contribution is -2.25. The molecule has 1 aliphatic heterocycles. The van der Waals surface area contributed by atoms with Crippen molar-refractivity contribution in [3.8, 4) is 11.5 Å². The Morgan fingerprint density at radius 2 is 2.00 bits per heavy atom. The van der Waals surface area contributed by atoms with E-state index in [0.717, 1.165) is 40.3 Å². The summed E-state index contributed by atoms with van der Waals surface area (Å²) in [5.74, 6) is 3.26. The highest BCUT2D eigenvalue weighted by Crippen LogP contribution is 2.45. The third-order valence-corrected chi connectivity index (χ3v) is 5.47. The molecule has 0 aromatic heterocycles. The van der Waals surface area contributed by atoms with E-state index >= 15 is 0 Å². The fourth-order valence-corrected chi connectivity index (χ4v) is 3.88. The molecule has 4 heteroatoms. The maximum absolute atomic E-state index is 10.7. The van der Waals surface area contributed by atoms with Crippen LogP contribution in [0.2, 0.25) is 0 Å². The van der Waals surface area contributed by atoms with Crippen LogP contribution in [0.3, 0.4) is 0 Å². The average molecular weight is 341 g/mol. The van der Waals surface area contributed by atoms with Gasteiger partial charge in [-0.3, -0.25) is 0 Å². The Labute approximate surface area is 128 Å². The number of aliphatic hydroxyl groups excluding tert-OH is 1. The molecular weight excluding hydrogens is 320 g/mol. The normalized spacial score (nSPS) is 30.3. The van der Waals surface area contributed by atoms with Crippen LogP contribution in [-0.2, 0) is 0 Å². The lowest BCUT2D eigenvalue weighted by Gasteiger charge is -2.34. The van der Waals surface area contributed by atoms with Gasteiger partial charge in [0.05, 0.1) is 10.6 Å². The van der Waals surface area contributed by atoms with Crippen LogP contribution in [0.25, 0.3) is 0 Å². The molecule has 4 unspecified atom stereocenters. The highest BCUT2D eigenvalue weighted by molar-refractivity contribution is 9.10. The Morgan fingerprint density at radius 1 is 1.20 bits per heavy atom. The maximum Gasteiger partial charge on any atom is 0.231 e. The molecular formula is C16H21BrO3. The lowest BCUT2D eigenvalue weighted by atomic mass is 9.73. The summed E-state index contributed by atoms with van der Waals surface area (Å²) in [6.07, 6.45) is 2.97. The van der Waals surface area contributed by atoms with Crippen molar-refractivity contribution < 1.29 is 14.6 Å². The third kappa shape index (κ3) is 2.56. The molecule has 4 atom stereocenters. The number of benzene rings is 1. The van der Waals surface area contributed by atoms with Gasteiger partial charge in [-0.05, 0) is 64.2 Å². The summed E-state index contributed by atoms with van der Waals surface area (Å²) < 4.78 is 11.7. The van der Waals surface area contributed by atoms with Crippen LogP contribution >= 0.6 is 15.9 Å². The van der Waals surface area contributed by atoms with E-state index in [1.807, 2.05) is 12.1 Å². The summed E-state index contributed by atoms with van der Waals surface area (Å²) in [6, 6.07) is 3.88. The summed E-state index contributed by atoms with van der Waals surface area (Å²) in [5, 5.41) is 10.7. The number of ether oxygens (including phenoxy) is 2. The van der Waals surface area contributed by atoms with Gasteiger partial charge in [0.2, 0.25) is 6.79 Å². The summed E-state index contributed by atoms with van der Waals surface area (Å²) in [7, 11) is 0. The van der Waals surface area contributed by atoms with Gasteiger partial charge in [0, 0.05) is 0 Å². The molecule has 0 bridgehead atoms. The molecule has 0 saturated heterocycles. The van der Waals surface area contributed by atoms with E-state index < -0.39 is 6.10 Å². The van der Waals surface area contributed by atoms with Gasteiger partial charge in [-0.25, -0.2) is 0 Å². The van der Waals surface area contributed by atoms with Gasteiger partial charge >= 0.3 is 0 Å². The molecule has 3 nitrogen and oxygen atoms in total. The number of halogens is 1. The quantitative estimate of drug-likeness (QED) is 0.872. The van der Waals surface area contributed by atoms with Crippen molar-refractivity contribution in [3.63, 3.8) is 0 Å². The minimum atomic E-state index is -0.421. The molecule has 20 heavy (non-hydrogen) atoms. The number of aliphatic hydroxyl groups is 1. The number of rotatable bonds is 2. The van der Waals surface area contributed by atoms with E-state index in [9.17, 15) is 5.11 Å². The zero-order chi connectivity index (χ0) is 14.3. The molecule has 1 aliphatic carbocycles. The molecule has 2 aliphatic rings. The first-order valence-corrected chi connectivity index (χ1v) is 8.12. The van der Waals surface area contributed by atoms with E-state index in [-0.39, 0.29) is 6.79 Å². The highest BCUT2D eigenvalue weighted by Gasteiger charge is 2.31. The SMILES string of the molecule is CC1CCC(C(O)c2cc(Br)c3c(c2)OCO3)CC1C. The Balaban J connectivity index is 1.81. The van der Waals surface area contributed by atoms with Crippen molar-refractivity contribution >= 4 is 15.9 Å². The Hall–Kier alpha value is -0.740. The predicted octanol–water partition coefficient (Wildman–Crippen LogP) is 4.28. The summed E-state index contributed by atoms with van der Waals surface area (Å²) in [5.41, 5.74) is 0.924. The van der Waals surface area contributed by atoms with Gasteiger partial charge in [0.15, 0.2) is 11.5 Å². The first kappa shape index (κ1) is 14.2. The lowest BCUT2D eigenvalue weighted by molar-refractivity contribution is 0.0559. The molecule has 0 radical (unpaired) electrons. The number of hydrogen-bond acceptors (Lipinski definition) is 3. The van der Waals surface area contributed by atoms with Crippen LogP contribution in [0.1, 0.15) is 44.8 Å². The molecule has 1 aromatic rings. The van der Waals surface area contributed by atoms with Gasteiger partial charge in [-0.15, -0.1) is 0 Å². The van der Waals surface area contributed by atoms with Gasteiger partial charge in [0.25, 0.3) is 0 Å². The summed E-state index contributed by atoms with van der Waals surface area (Å²) in [6.45, 7) is 4.86. The molecule has 1 aromatic carbocycles. The minimum absolute atomic E-state index is 0.255. The number of fused-ring (bicyclic) bond motifs is 1. The van der Waals surface area contributed by atoms with Crippen LogP contribution in [0.5, 0.6) is 11.5 Å². The van der Waals surface area contributed by atoms with E-state index in [2.05, 4.69) is 29.8 Å². The van der Waals surface area contributed by atoms with E-state index in [4.69, 9.17) is 9.47 Å². The smallest absolute Gasteiger partial charge is 0.231 e. The standard InChI is InChI=1S/C16H21BrO3/c1-9-3-4-11(5-10(9)2)15(18)12-6-13(17)16-14(7-12)19-8-20-16/h6-7,9-11,15,18H,3-5,8H2,1-2H3. The van der Waals surface area contributed by atoms with Gasteiger partial charge < -0.3 is 14.6 Å². The average Bonchev–Trinajstić information content (AvgIpc) is 2.90. The van der Waals surface area contributed by atoms with E-state index in [1.54, 1.807) is 0 Å². The zero-order valence-electron chi connectivity index (χ0n) is 11.9. The summed E-state index contributed by atoms with van der Waals surface area (Å²) >= 11 is 3.50. The molecule has 1 N–H and O–H groups in total. The van der Waals surface area contributed by atoms with Crippen molar-refractivity contribution in [1.82, 2.24) is 0 Å². The molecule has 1 saturated carbocycles. The second-order valence-electron chi connectivity index (χ2n) is 6.21. The van der Waals surface area contributed by atoms with Crippen LogP contribution in [0, 0.1) is 17.8 Å². The van der Waals surface area contributed by atoms with E-state index in [0.29, 0.717) is 11.8 Å². The van der Waals surface area contributed by atoms with Gasteiger partial charge in [0.1, 0.15) is 0 Å². The second-order valence-corrected chi connectivity index (χ2v) is 7.06.